The number of oxazole rings is 1. The monoisotopic (exact) mass is 333 g/mol. The van der Waals surface area contributed by atoms with Crippen LogP contribution in [0.4, 0.5) is 5.82 Å². The Labute approximate surface area is 123 Å². The van der Waals surface area contributed by atoms with Gasteiger partial charge in [0.25, 0.3) is 0 Å². The molecule has 2 heterocycles. The minimum atomic E-state index is -0.430. The molecule has 102 valence electrons. The highest BCUT2D eigenvalue weighted by Crippen LogP contribution is 2.18. The molecule has 3 rings (SSSR count). The number of benzene rings is 1. The van der Waals surface area contributed by atoms with Crippen LogP contribution in [0.3, 0.4) is 0 Å². The van der Waals surface area contributed by atoms with Crippen LogP contribution in [-0.2, 0) is 6.54 Å². The number of pyridine rings is 1. The standard InChI is InChI=1S/C14H12BrN3O2/c1-18(13-5-3-10(15)7-16-13)8-9-2-4-12-11(6-9)17-14(19)20-12/h2-7H,8H2,1H3,(H,17,19). The number of H-pyrrole nitrogens is 1. The quantitative estimate of drug-likeness (QED) is 0.800. The molecule has 0 radical (unpaired) electrons. The van der Waals surface area contributed by atoms with Gasteiger partial charge >= 0.3 is 5.76 Å². The summed E-state index contributed by atoms with van der Waals surface area (Å²) >= 11 is 3.37. The Kier molecular flexibility index (Phi) is 3.31. The highest BCUT2D eigenvalue weighted by atomic mass is 79.9. The molecule has 3 aromatic rings. The average Bonchev–Trinajstić information content (AvgIpc) is 2.78. The van der Waals surface area contributed by atoms with Gasteiger partial charge in [-0.2, -0.15) is 0 Å². The van der Waals surface area contributed by atoms with E-state index in [9.17, 15) is 4.79 Å². The molecule has 0 atom stereocenters. The van der Waals surface area contributed by atoms with Gasteiger partial charge in [0.05, 0.1) is 5.52 Å². The van der Waals surface area contributed by atoms with Gasteiger partial charge in [-0.3, -0.25) is 4.98 Å². The number of hydrogen-bond acceptors (Lipinski definition) is 4. The first kappa shape index (κ1) is 12.9. The smallest absolute Gasteiger partial charge is 0.408 e. The maximum atomic E-state index is 11.1. The average molecular weight is 334 g/mol. The number of rotatable bonds is 3. The summed E-state index contributed by atoms with van der Waals surface area (Å²) in [5.41, 5.74) is 2.36. The topological polar surface area (TPSA) is 62.1 Å². The van der Waals surface area contributed by atoms with E-state index in [0.29, 0.717) is 17.6 Å². The van der Waals surface area contributed by atoms with Crippen LogP contribution in [-0.4, -0.2) is 17.0 Å². The molecule has 5 nitrogen and oxygen atoms in total. The zero-order valence-electron chi connectivity index (χ0n) is 10.8. The molecule has 0 fully saturated rings. The van der Waals surface area contributed by atoms with E-state index in [1.807, 2.05) is 36.2 Å². The SMILES string of the molecule is CN(Cc1ccc2oc(=O)[nH]c2c1)c1ccc(Br)cn1. The van der Waals surface area contributed by atoms with Crippen LogP contribution in [0.1, 0.15) is 5.56 Å². The zero-order valence-corrected chi connectivity index (χ0v) is 12.3. The number of anilines is 1. The first-order valence-corrected chi connectivity index (χ1v) is 6.85. The zero-order chi connectivity index (χ0) is 14.1. The summed E-state index contributed by atoms with van der Waals surface area (Å²) in [4.78, 5) is 20.2. The van der Waals surface area contributed by atoms with Crippen molar-refractivity contribution in [2.24, 2.45) is 0 Å². The lowest BCUT2D eigenvalue weighted by molar-refractivity contribution is 0.555. The minimum Gasteiger partial charge on any atom is -0.408 e. The first-order chi connectivity index (χ1) is 9.61. The number of aromatic amines is 1. The van der Waals surface area contributed by atoms with E-state index in [1.165, 1.54) is 0 Å². The fourth-order valence-electron chi connectivity index (χ4n) is 2.05. The van der Waals surface area contributed by atoms with Gasteiger partial charge in [0, 0.05) is 24.3 Å². The van der Waals surface area contributed by atoms with Crippen LogP contribution in [0.2, 0.25) is 0 Å². The second kappa shape index (κ2) is 5.13. The molecule has 2 aromatic heterocycles. The number of nitrogens with one attached hydrogen (secondary N) is 1. The molecule has 1 N–H and O–H groups in total. The summed E-state index contributed by atoms with van der Waals surface area (Å²) in [6, 6.07) is 9.55. The maximum Gasteiger partial charge on any atom is 0.417 e. The fraction of sp³-hybridized carbons (Fsp3) is 0.143. The van der Waals surface area contributed by atoms with E-state index in [1.54, 1.807) is 12.3 Å². The lowest BCUT2D eigenvalue weighted by atomic mass is 10.2. The van der Waals surface area contributed by atoms with E-state index >= 15 is 0 Å². The predicted molar refractivity (Wildman–Crippen MR) is 80.9 cm³/mol. The highest BCUT2D eigenvalue weighted by molar-refractivity contribution is 9.10. The third kappa shape index (κ3) is 2.60. The molecule has 0 unspecified atom stereocenters. The molecular weight excluding hydrogens is 322 g/mol. The Morgan fingerprint density at radius 2 is 2.20 bits per heavy atom. The number of halogens is 1. The van der Waals surface area contributed by atoms with Gasteiger partial charge < -0.3 is 9.32 Å². The molecular formula is C14H12BrN3O2. The summed E-state index contributed by atoms with van der Waals surface area (Å²) in [7, 11) is 1.97. The molecule has 0 amide bonds. The van der Waals surface area contributed by atoms with Crippen molar-refractivity contribution in [1.29, 1.82) is 0 Å². The molecule has 0 bridgehead atoms. The van der Waals surface area contributed by atoms with Gasteiger partial charge in [-0.15, -0.1) is 0 Å². The van der Waals surface area contributed by atoms with Crippen LogP contribution in [0.25, 0.3) is 11.1 Å². The largest absolute Gasteiger partial charge is 0.417 e. The maximum absolute atomic E-state index is 11.1. The van der Waals surface area contributed by atoms with Gasteiger partial charge in [0.2, 0.25) is 0 Å². The molecule has 0 spiro atoms. The van der Waals surface area contributed by atoms with Crippen molar-refractivity contribution in [2.45, 2.75) is 6.54 Å². The minimum absolute atomic E-state index is 0.430. The molecule has 0 saturated carbocycles. The van der Waals surface area contributed by atoms with Gasteiger partial charge in [0.1, 0.15) is 5.82 Å². The second-order valence-electron chi connectivity index (χ2n) is 4.54. The summed E-state index contributed by atoms with van der Waals surface area (Å²) in [5, 5.41) is 0. The van der Waals surface area contributed by atoms with Crippen molar-refractivity contribution in [3.63, 3.8) is 0 Å². The Morgan fingerprint density at radius 3 is 2.95 bits per heavy atom. The van der Waals surface area contributed by atoms with Crippen LogP contribution in [0, 0.1) is 0 Å². The molecule has 0 saturated heterocycles. The van der Waals surface area contributed by atoms with E-state index in [2.05, 4.69) is 25.9 Å². The summed E-state index contributed by atoms with van der Waals surface area (Å²) in [6.07, 6.45) is 1.77. The Hall–Kier alpha value is -2.08. The van der Waals surface area contributed by atoms with Gasteiger partial charge in [-0.25, -0.2) is 9.78 Å². The van der Waals surface area contributed by atoms with Crippen LogP contribution in [0.5, 0.6) is 0 Å². The highest BCUT2D eigenvalue weighted by Gasteiger charge is 2.06. The molecule has 1 aromatic carbocycles. The van der Waals surface area contributed by atoms with Gasteiger partial charge in [-0.1, -0.05) is 6.07 Å². The third-order valence-electron chi connectivity index (χ3n) is 3.01. The van der Waals surface area contributed by atoms with Crippen LogP contribution >= 0.6 is 15.9 Å². The Bertz CT molecular complexity index is 792. The van der Waals surface area contributed by atoms with E-state index in [-0.39, 0.29) is 0 Å². The predicted octanol–water partition coefficient (Wildman–Crippen LogP) is 2.92. The van der Waals surface area contributed by atoms with E-state index in [4.69, 9.17) is 4.42 Å². The van der Waals surface area contributed by atoms with Crippen molar-refractivity contribution < 1.29 is 4.42 Å². The number of hydrogen-bond donors (Lipinski definition) is 1. The van der Waals surface area contributed by atoms with E-state index < -0.39 is 5.76 Å². The Morgan fingerprint density at radius 1 is 1.35 bits per heavy atom. The number of fused-ring (bicyclic) bond motifs is 1. The van der Waals surface area contributed by atoms with Gasteiger partial charge in [-0.05, 0) is 45.8 Å². The lowest BCUT2D eigenvalue weighted by Crippen LogP contribution is -2.17. The van der Waals surface area contributed by atoms with Crippen molar-refractivity contribution in [2.75, 3.05) is 11.9 Å². The van der Waals surface area contributed by atoms with Crippen molar-refractivity contribution in [3.8, 4) is 0 Å². The normalized spacial score (nSPS) is 10.9. The second-order valence-corrected chi connectivity index (χ2v) is 5.45. The van der Waals surface area contributed by atoms with Crippen molar-refractivity contribution in [1.82, 2.24) is 9.97 Å². The first-order valence-electron chi connectivity index (χ1n) is 6.06. The summed E-state index contributed by atoms with van der Waals surface area (Å²) in [5.74, 6) is 0.453. The molecule has 0 aliphatic rings. The summed E-state index contributed by atoms with van der Waals surface area (Å²) in [6.45, 7) is 0.692. The number of aromatic nitrogens is 2. The van der Waals surface area contributed by atoms with Crippen molar-refractivity contribution >= 4 is 32.8 Å². The fourth-order valence-corrected chi connectivity index (χ4v) is 2.28. The summed E-state index contributed by atoms with van der Waals surface area (Å²) < 4.78 is 5.93. The molecule has 0 aliphatic carbocycles. The third-order valence-corrected chi connectivity index (χ3v) is 3.48. The van der Waals surface area contributed by atoms with Crippen LogP contribution in [0.15, 0.2) is 50.2 Å². The van der Waals surface area contributed by atoms with Gasteiger partial charge in [0.15, 0.2) is 5.58 Å². The van der Waals surface area contributed by atoms with E-state index in [0.717, 1.165) is 15.9 Å². The van der Waals surface area contributed by atoms with Crippen LogP contribution < -0.4 is 10.7 Å². The molecule has 20 heavy (non-hydrogen) atoms. The number of nitrogens with zero attached hydrogens (tertiary/aromatic N) is 2. The van der Waals surface area contributed by atoms with Crippen molar-refractivity contribution in [3.05, 3.63) is 57.1 Å². The molecule has 0 aliphatic heterocycles. The lowest BCUT2D eigenvalue weighted by Gasteiger charge is -2.18. The molecule has 6 heteroatoms. The Balaban J connectivity index is 1.84.